The first-order chi connectivity index (χ1) is 25.0. The van der Waals surface area contributed by atoms with E-state index in [4.69, 9.17) is 0 Å². The van der Waals surface area contributed by atoms with Crippen LogP contribution < -0.4 is 4.90 Å². The maximum absolute atomic E-state index is 2.56. The maximum Gasteiger partial charge on any atom is 0.0540 e. The Morgan fingerprint density at radius 1 is 0.549 bits per heavy atom. The summed E-state index contributed by atoms with van der Waals surface area (Å²) in [6.07, 6.45) is 12.4. The molecule has 254 valence electrons. The van der Waals surface area contributed by atoms with Crippen LogP contribution in [0.4, 0.5) is 17.1 Å². The molecule has 0 radical (unpaired) electrons. The molecule has 0 saturated heterocycles. The quantitative estimate of drug-likeness (QED) is 0.171. The first kappa shape index (κ1) is 31.1. The van der Waals surface area contributed by atoms with Crippen molar-refractivity contribution in [2.45, 2.75) is 88.9 Å². The number of nitrogens with zero attached hydrogens (tertiary/aromatic N) is 1. The topological polar surface area (TPSA) is 3.24 Å². The molecule has 6 aromatic carbocycles. The molecule has 0 amide bonds. The average Bonchev–Trinajstić information content (AvgIpc) is 3.88. The predicted molar refractivity (Wildman–Crippen MR) is 216 cm³/mol. The molecule has 0 heterocycles. The summed E-state index contributed by atoms with van der Waals surface area (Å²) in [5, 5.41) is 2.81. The van der Waals surface area contributed by atoms with Crippen LogP contribution in [0.2, 0.25) is 0 Å². The summed E-state index contributed by atoms with van der Waals surface area (Å²) < 4.78 is 0. The van der Waals surface area contributed by atoms with Gasteiger partial charge in [0, 0.05) is 22.2 Å². The monoisotopic (exact) mass is 663 g/mol. The standard InChI is InChI=1S/C50H49N/c1-50(2)47-31-37(35-13-7-4-8-14-35)21-25-43(47)44-26-24-40(32-48(44)50)51(39-22-19-36(20-23-39)34-11-5-3-6-12-34)49-28-27-42(41-15-9-10-16-45(41)49)46-30-33-17-18-38(46)29-33/h4,7-10,13-16,19-28,31-34,38,46H,3,5-6,11-12,17-18,29-30H2,1-2H3. The lowest BCUT2D eigenvalue weighted by Gasteiger charge is -2.31. The van der Waals surface area contributed by atoms with Crippen LogP contribution in [0.3, 0.4) is 0 Å². The third kappa shape index (κ3) is 5.18. The Labute approximate surface area is 304 Å². The lowest BCUT2D eigenvalue weighted by atomic mass is 9.81. The summed E-state index contributed by atoms with van der Waals surface area (Å²) >= 11 is 0. The molecule has 3 unspecified atom stereocenters. The van der Waals surface area contributed by atoms with Crippen molar-refractivity contribution in [3.63, 3.8) is 0 Å². The highest BCUT2D eigenvalue weighted by molar-refractivity contribution is 6.01. The van der Waals surface area contributed by atoms with Crippen LogP contribution in [0.15, 0.2) is 127 Å². The molecule has 3 saturated carbocycles. The zero-order valence-corrected chi connectivity index (χ0v) is 30.2. The van der Waals surface area contributed by atoms with E-state index in [1.807, 2.05) is 0 Å². The molecule has 0 aromatic heterocycles. The largest absolute Gasteiger partial charge is 0.310 e. The molecule has 0 aliphatic heterocycles. The molecule has 0 N–H and O–H groups in total. The van der Waals surface area contributed by atoms with Crippen LogP contribution in [-0.4, -0.2) is 0 Å². The van der Waals surface area contributed by atoms with Crippen LogP contribution in [0.5, 0.6) is 0 Å². The maximum atomic E-state index is 2.56. The highest BCUT2D eigenvalue weighted by atomic mass is 15.1. The van der Waals surface area contributed by atoms with Gasteiger partial charge in [0.05, 0.1) is 5.69 Å². The average molecular weight is 664 g/mol. The SMILES string of the molecule is CC1(C)c2cc(-c3ccccc3)ccc2-c2ccc(N(c3ccc(C4CCCCC4)cc3)c3ccc(C4CC5CCC4C5)c4ccccc34)cc21. The van der Waals surface area contributed by atoms with Crippen LogP contribution in [0.1, 0.15) is 106 Å². The molecule has 1 nitrogen and oxygen atoms in total. The summed E-state index contributed by atoms with van der Waals surface area (Å²) in [5.41, 5.74) is 14.8. The van der Waals surface area contributed by atoms with E-state index >= 15 is 0 Å². The van der Waals surface area contributed by atoms with E-state index in [1.165, 1.54) is 125 Å². The molecule has 10 rings (SSSR count). The van der Waals surface area contributed by atoms with Gasteiger partial charge in [-0.15, -0.1) is 0 Å². The first-order valence-electron chi connectivity index (χ1n) is 19.8. The van der Waals surface area contributed by atoms with E-state index < -0.39 is 0 Å². The molecule has 51 heavy (non-hydrogen) atoms. The van der Waals surface area contributed by atoms with Crippen LogP contribution in [0, 0.1) is 11.8 Å². The Bertz CT molecular complexity index is 2240. The normalized spacial score (nSPS) is 21.9. The molecule has 1 heteroatoms. The first-order valence-corrected chi connectivity index (χ1v) is 19.8. The number of rotatable bonds is 6. The van der Waals surface area contributed by atoms with Gasteiger partial charge in [-0.05, 0) is 142 Å². The van der Waals surface area contributed by atoms with Crippen molar-refractivity contribution in [1.29, 1.82) is 0 Å². The van der Waals surface area contributed by atoms with Crippen molar-refractivity contribution in [1.82, 2.24) is 0 Å². The van der Waals surface area contributed by atoms with Crippen LogP contribution >= 0.6 is 0 Å². The molecule has 4 aliphatic rings. The molecule has 6 aromatic rings. The van der Waals surface area contributed by atoms with Gasteiger partial charge in [-0.25, -0.2) is 0 Å². The molecule has 2 bridgehead atoms. The van der Waals surface area contributed by atoms with Crippen molar-refractivity contribution in [2.24, 2.45) is 11.8 Å². The van der Waals surface area contributed by atoms with Gasteiger partial charge in [-0.2, -0.15) is 0 Å². The van der Waals surface area contributed by atoms with Gasteiger partial charge in [0.15, 0.2) is 0 Å². The van der Waals surface area contributed by atoms with Gasteiger partial charge in [0.25, 0.3) is 0 Å². The third-order valence-corrected chi connectivity index (χ3v) is 13.6. The van der Waals surface area contributed by atoms with E-state index in [-0.39, 0.29) is 5.41 Å². The fraction of sp³-hybridized carbons (Fsp3) is 0.320. The summed E-state index contributed by atoms with van der Waals surface area (Å²) in [6.45, 7) is 4.83. The molecular formula is C50H49N. The second-order valence-corrected chi connectivity index (χ2v) is 16.7. The molecular weight excluding hydrogens is 615 g/mol. The Morgan fingerprint density at radius 2 is 1.25 bits per heavy atom. The highest BCUT2D eigenvalue weighted by Gasteiger charge is 2.41. The Hall–Kier alpha value is -4.62. The molecule has 3 atom stereocenters. The van der Waals surface area contributed by atoms with Gasteiger partial charge in [0.1, 0.15) is 0 Å². The summed E-state index contributed by atoms with van der Waals surface area (Å²) in [7, 11) is 0. The fourth-order valence-electron chi connectivity index (χ4n) is 10.9. The minimum Gasteiger partial charge on any atom is -0.310 e. The lowest BCUT2D eigenvalue weighted by molar-refractivity contribution is 0.422. The molecule has 4 aliphatic carbocycles. The van der Waals surface area contributed by atoms with E-state index in [0.717, 1.165) is 11.8 Å². The van der Waals surface area contributed by atoms with Crippen LogP contribution in [0.25, 0.3) is 33.0 Å². The summed E-state index contributed by atoms with van der Waals surface area (Å²) in [5.74, 6) is 3.19. The van der Waals surface area contributed by atoms with E-state index in [9.17, 15) is 0 Å². The zero-order chi connectivity index (χ0) is 34.1. The number of hydrogen-bond acceptors (Lipinski definition) is 1. The second kappa shape index (κ2) is 12.3. The summed E-state index contributed by atoms with van der Waals surface area (Å²) in [4.78, 5) is 2.56. The Morgan fingerprint density at radius 3 is 2.00 bits per heavy atom. The minimum atomic E-state index is -0.115. The van der Waals surface area contributed by atoms with Crippen LogP contribution in [-0.2, 0) is 5.41 Å². The molecule has 0 spiro atoms. The van der Waals surface area contributed by atoms with Crippen molar-refractivity contribution >= 4 is 27.8 Å². The van der Waals surface area contributed by atoms with E-state index in [0.29, 0.717) is 11.8 Å². The second-order valence-electron chi connectivity index (χ2n) is 16.7. The number of fused-ring (bicyclic) bond motifs is 6. The van der Waals surface area contributed by atoms with Gasteiger partial charge in [-0.1, -0.05) is 131 Å². The van der Waals surface area contributed by atoms with Gasteiger partial charge in [-0.3, -0.25) is 0 Å². The number of hydrogen-bond donors (Lipinski definition) is 0. The summed E-state index contributed by atoms with van der Waals surface area (Å²) in [6, 6.07) is 49.1. The minimum absolute atomic E-state index is 0.115. The fourth-order valence-corrected chi connectivity index (χ4v) is 10.9. The van der Waals surface area contributed by atoms with Crippen molar-refractivity contribution in [3.8, 4) is 22.3 Å². The smallest absolute Gasteiger partial charge is 0.0540 e. The van der Waals surface area contributed by atoms with Crippen molar-refractivity contribution in [2.75, 3.05) is 4.90 Å². The third-order valence-electron chi connectivity index (χ3n) is 13.6. The van der Waals surface area contributed by atoms with Crippen molar-refractivity contribution in [3.05, 3.63) is 150 Å². The Kier molecular flexibility index (Phi) is 7.49. The predicted octanol–water partition coefficient (Wildman–Crippen LogP) is 14.2. The number of benzene rings is 6. The van der Waals surface area contributed by atoms with Crippen molar-refractivity contribution < 1.29 is 0 Å². The lowest BCUT2D eigenvalue weighted by Crippen LogP contribution is -2.17. The Balaban J connectivity index is 1.10. The zero-order valence-electron chi connectivity index (χ0n) is 30.2. The number of anilines is 3. The van der Waals surface area contributed by atoms with E-state index in [2.05, 4.69) is 146 Å². The van der Waals surface area contributed by atoms with Gasteiger partial charge in [0.2, 0.25) is 0 Å². The van der Waals surface area contributed by atoms with E-state index in [1.54, 1.807) is 5.56 Å². The molecule has 3 fully saturated rings. The van der Waals surface area contributed by atoms with Gasteiger partial charge >= 0.3 is 0 Å². The van der Waals surface area contributed by atoms with Gasteiger partial charge < -0.3 is 4.90 Å². The highest BCUT2D eigenvalue weighted by Crippen LogP contribution is 2.56.